The Bertz CT molecular complexity index is 1350. The van der Waals surface area contributed by atoms with Crippen molar-refractivity contribution < 1.29 is 19.2 Å². The Morgan fingerprint density at radius 3 is 2.38 bits per heavy atom. The monoisotopic (exact) mass is 812 g/mol. The standard InChI is InChI=1S/C23H12ClI3N2O5/c24-17-6-3-14(25)10-16(17)22-28-20(23(30)34-22)9-13-7-18(26)21(19(27)8-13)33-11-12-1-4-15(5-2-12)29(31)32/h1-10H,11H2/b20-9-. The van der Waals surface area contributed by atoms with Crippen LogP contribution in [0.3, 0.4) is 0 Å². The molecule has 0 radical (unpaired) electrons. The Kier molecular flexibility index (Phi) is 8.09. The molecule has 0 saturated carbocycles. The number of benzene rings is 3. The Morgan fingerprint density at radius 1 is 1.06 bits per heavy atom. The lowest BCUT2D eigenvalue weighted by Gasteiger charge is -2.11. The minimum Gasteiger partial charge on any atom is -0.487 e. The van der Waals surface area contributed by atoms with E-state index in [1.807, 2.05) is 18.2 Å². The van der Waals surface area contributed by atoms with Crippen molar-refractivity contribution in [2.24, 2.45) is 4.99 Å². The molecule has 4 rings (SSSR count). The third-order valence-electron chi connectivity index (χ3n) is 4.63. The second-order valence-electron chi connectivity index (χ2n) is 6.99. The summed E-state index contributed by atoms with van der Waals surface area (Å²) in [7, 11) is 0. The summed E-state index contributed by atoms with van der Waals surface area (Å²) in [6.45, 7) is 0.265. The van der Waals surface area contributed by atoms with E-state index in [0.717, 1.165) is 21.8 Å². The molecule has 11 heteroatoms. The highest BCUT2D eigenvalue weighted by Gasteiger charge is 2.26. The van der Waals surface area contributed by atoms with E-state index in [-0.39, 0.29) is 23.9 Å². The molecule has 0 aromatic heterocycles. The van der Waals surface area contributed by atoms with Crippen LogP contribution in [0.2, 0.25) is 5.02 Å². The lowest BCUT2D eigenvalue weighted by molar-refractivity contribution is -0.384. The molecule has 0 fully saturated rings. The second kappa shape index (κ2) is 10.9. The van der Waals surface area contributed by atoms with Crippen LogP contribution in [0.15, 0.2) is 65.3 Å². The molecule has 0 amide bonds. The summed E-state index contributed by atoms with van der Waals surface area (Å²) in [5, 5.41) is 11.3. The minimum absolute atomic E-state index is 0.0332. The number of carbonyl (C=O) groups is 1. The summed E-state index contributed by atoms with van der Waals surface area (Å²) >= 11 is 12.7. The largest absolute Gasteiger partial charge is 0.487 e. The van der Waals surface area contributed by atoms with Crippen LogP contribution < -0.4 is 4.74 Å². The Morgan fingerprint density at radius 2 is 1.74 bits per heavy atom. The third kappa shape index (κ3) is 5.88. The molecular weight excluding hydrogens is 800 g/mol. The lowest BCUT2D eigenvalue weighted by Crippen LogP contribution is -2.06. The van der Waals surface area contributed by atoms with E-state index in [9.17, 15) is 14.9 Å². The Balaban J connectivity index is 1.54. The predicted molar refractivity (Wildman–Crippen MR) is 154 cm³/mol. The van der Waals surface area contributed by atoms with Gasteiger partial charge in [0.15, 0.2) is 5.70 Å². The van der Waals surface area contributed by atoms with Gasteiger partial charge in [0.1, 0.15) is 12.4 Å². The first-order chi connectivity index (χ1) is 16.2. The summed E-state index contributed by atoms with van der Waals surface area (Å²) in [4.78, 5) is 27.1. The number of carbonyl (C=O) groups excluding carboxylic acids is 1. The molecule has 0 saturated heterocycles. The maximum Gasteiger partial charge on any atom is 0.363 e. The highest BCUT2D eigenvalue weighted by Crippen LogP contribution is 2.32. The average Bonchev–Trinajstić information content (AvgIpc) is 3.15. The fourth-order valence-corrected chi connectivity index (χ4v) is 5.83. The van der Waals surface area contributed by atoms with Crippen LogP contribution in [0, 0.1) is 20.8 Å². The summed E-state index contributed by atoms with van der Waals surface area (Å²) in [6.07, 6.45) is 1.65. The lowest BCUT2D eigenvalue weighted by atomic mass is 10.2. The second-order valence-corrected chi connectivity index (χ2v) is 11.0. The van der Waals surface area contributed by atoms with Gasteiger partial charge in [0.05, 0.1) is 22.6 Å². The van der Waals surface area contributed by atoms with Gasteiger partial charge in [-0.15, -0.1) is 0 Å². The topological polar surface area (TPSA) is 91.0 Å². The van der Waals surface area contributed by atoms with Crippen molar-refractivity contribution >= 4 is 103 Å². The van der Waals surface area contributed by atoms with Crippen molar-refractivity contribution in [1.29, 1.82) is 0 Å². The fourth-order valence-electron chi connectivity index (χ4n) is 3.01. The van der Waals surface area contributed by atoms with Gasteiger partial charge < -0.3 is 9.47 Å². The van der Waals surface area contributed by atoms with Crippen molar-refractivity contribution in [1.82, 2.24) is 0 Å². The molecule has 172 valence electrons. The molecule has 0 aliphatic carbocycles. The van der Waals surface area contributed by atoms with E-state index >= 15 is 0 Å². The molecule has 0 spiro atoms. The van der Waals surface area contributed by atoms with Crippen LogP contribution in [0.25, 0.3) is 6.08 Å². The molecule has 0 N–H and O–H groups in total. The number of hydrogen-bond donors (Lipinski definition) is 0. The van der Waals surface area contributed by atoms with Gasteiger partial charge in [-0.2, -0.15) is 0 Å². The van der Waals surface area contributed by atoms with Gasteiger partial charge >= 0.3 is 5.97 Å². The maximum atomic E-state index is 12.4. The van der Waals surface area contributed by atoms with E-state index < -0.39 is 10.9 Å². The molecule has 1 heterocycles. The molecule has 34 heavy (non-hydrogen) atoms. The molecule has 7 nitrogen and oxygen atoms in total. The zero-order valence-corrected chi connectivity index (χ0v) is 24.2. The predicted octanol–water partition coefficient (Wildman–Crippen LogP) is 6.99. The summed E-state index contributed by atoms with van der Waals surface area (Å²) in [5.74, 6) is 0.311. The number of cyclic esters (lactones) is 1. The van der Waals surface area contributed by atoms with Crippen molar-refractivity contribution in [3.8, 4) is 5.75 Å². The third-order valence-corrected chi connectivity index (χ3v) is 7.24. The summed E-state index contributed by atoms with van der Waals surface area (Å²) in [5.41, 5.74) is 2.35. The van der Waals surface area contributed by atoms with Crippen molar-refractivity contribution in [2.45, 2.75) is 6.61 Å². The van der Waals surface area contributed by atoms with Gasteiger partial charge in [-0.25, -0.2) is 9.79 Å². The van der Waals surface area contributed by atoms with Crippen LogP contribution in [-0.4, -0.2) is 16.8 Å². The summed E-state index contributed by atoms with van der Waals surface area (Å²) in [6, 6.07) is 15.4. The van der Waals surface area contributed by atoms with Gasteiger partial charge in [0, 0.05) is 15.7 Å². The number of ether oxygens (including phenoxy) is 2. The number of nitro groups is 1. The van der Waals surface area contributed by atoms with E-state index in [1.54, 1.807) is 30.3 Å². The van der Waals surface area contributed by atoms with Crippen molar-refractivity contribution in [3.63, 3.8) is 0 Å². The number of hydrogen-bond acceptors (Lipinski definition) is 6. The zero-order chi connectivity index (χ0) is 24.4. The number of esters is 1. The quantitative estimate of drug-likeness (QED) is 0.0882. The molecule has 0 bridgehead atoms. The van der Waals surface area contributed by atoms with Crippen LogP contribution in [0.4, 0.5) is 5.69 Å². The first-order valence-corrected chi connectivity index (χ1v) is 13.2. The smallest absolute Gasteiger partial charge is 0.363 e. The molecule has 0 unspecified atom stereocenters. The van der Waals surface area contributed by atoms with Gasteiger partial charge in [-0.1, -0.05) is 11.6 Å². The first kappa shape index (κ1) is 25.3. The van der Waals surface area contributed by atoms with Gasteiger partial charge in [-0.05, 0) is 127 Å². The van der Waals surface area contributed by atoms with Crippen LogP contribution >= 0.6 is 79.4 Å². The molecule has 3 aromatic carbocycles. The highest BCUT2D eigenvalue weighted by atomic mass is 127. The van der Waals surface area contributed by atoms with E-state index in [2.05, 4.69) is 72.8 Å². The molecule has 3 aromatic rings. The highest BCUT2D eigenvalue weighted by molar-refractivity contribution is 14.1. The average molecular weight is 813 g/mol. The summed E-state index contributed by atoms with van der Waals surface area (Å²) < 4.78 is 13.9. The van der Waals surface area contributed by atoms with Gasteiger partial charge in [0.25, 0.3) is 5.69 Å². The maximum absolute atomic E-state index is 12.4. The molecule has 0 atom stereocenters. The molecular formula is C23H12ClI3N2O5. The number of nitrogens with zero attached hydrogens (tertiary/aromatic N) is 2. The zero-order valence-electron chi connectivity index (χ0n) is 16.9. The normalized spacial score (nSPS) is 14.2. The number of rotatable bonds is 6. The van der Waals surface area contributed by atoms with Gasteiger partial charge in [0.2, 0.25) is 5.90 Å². The van der Waals surface area contributed by atoms with Crippen molar-refractivity contribution in [3.05, 3.63) is 103 Å². The fraction of sp³-hybridized carbons (Fsp3) is 0.0435. The molecule has 1 aliphatic rings. The minimum atomic E-state index is -0.548. The Hall–Kier alpha value is -1.78. The van der Waals surface area contributed by atoms with E-state index in [0.29, 0.717) is 16.3 Å². The first-order valence-electron chi connectivity index (χ1n) is 9.54. The SMILES string of the molecule is O=C1OC(c2cc(I)ccc2Cl)=N/C1=C\c1cc(I)c(OCc2ccc([N+](=O)[O-])cc2)c(I)c1. The number of nitro benzene ring substituents is 1. The number of non-ortho nitro benzene ring substituents is 1. The van der Waals surface area contributed by atoms with Crippen molar-refractivity contribution in [2.75, 3.05) is 0 Å². The van der Waals surface area contributed by atoms with Crippen LogP contribution in [0.1, 0.15) is 16.7 Å². The van der Waals surface area contributed by atoms with Gasteiger partial charge in [-0.3, -0.25) is 10.1 Å². The molecule has 1 aliphatic heterocycles. The van der Waals surface area contributed by atoms with E-state index in [1.165, 1.54) is 12.1 Å². The number of aliphatic imine (C=N–C) groups is 1. The Labute approximate surface area is 240 Å². The number of halogens is 4. The van der Waals surface area contributed by atoms with E-state index in [4.69, 9.17) is 21.1 Å². The van der Waals surface area contributed by atoms with Crippen LogP contribution in [-0.2, 0) is 16.1 Å². The van der Waals surface area contributed by atoms with Crippen LogP contribution in [0.5, 0.6) is 5.75 Å².